The maximum Gasteiger partial charge on any atom is 0.165 e. The lowest BCUT2D eigenvalue weighted by Crippen LogP contribution is -2.06. The van der Waals surface area contributed by atoms with Gasteiger partial charge >= 0.3 is 0 Å². The molecule has 0 atom stereocenters. The largest absolute Gasteiger partial charge is 0.381 e. The normalized spacial score (nSPS) is 10.4. The number of aryl methyl sites for hydroxylation is 1. The van der Waals surface area contributed by atoms with E-state index in [0.717, 1.165) is 12.0 Å². The van der Waals surface area contributed by atoms with Crippen LogP contribution in [0.4, 0.5) is 4.39 Å². The predicted octanol–water partition coefficient (Wildman–Crippen LogP) is 3.13. The Morgan fingerprint density at radius 2 is 2.06 bits per heavy atom. The molecule has 0 heterocycles. The smallest absolute Gasteiger partial charge is 0.165 e. The number of Topliss-reactive ketones (excluding diaryl/α,β-unsaturated/α-hetero) is 1. The highest BCUT2D eigenvalue weighted by Gasteiger charge is 2.07. The van der Waals surface area contributed by atoms with E-state index in [2.05, 4.69) is 0 Å². The Kier molecular flexibility index (Phi) is 5.12. The SMILES string of the molecule is CCCOCCC(=O)c1cc(C)cc(F)c1. The number of halogens is 1. The average Bonchev–Trinajstić information content (AvgIpc) is 2.22. The van der Waals surface area contributed by atoms with E-state index in [1.807, 2.05) is 6.92 Å². The molecule has 0 aliphatic rings. The number of benzene rings is 1. The van der Waals surface area contributed by atoms with Crippen LogP contribution in [-0.4, -0.2) is 19.0 Å². The van der Waals surface area contributed by atoms with Crippen molar-refractivity contribution in [1.29, 1.82) is 0 Å². The molecule has 0 saturated carbocycles. The number of ketones is 1. The first kappa shape index (κ1) is 12.8. The van der Waals surface area contributed by atoms with E-state index in [-0.39, 0.29) is 11.6 Å². The molecule has 1 aromatic carbocycles. The molecule has 2 nitrogen and oxygen atoms in total. The van der Waals surface area contributed by atoms with E-state index < -0.39 is 0 Å². The fourth-order valence-corrected chi connectivity index (χ4v) is 1.45. The highest BCUT2D eigenvalue weighted by molar-refractivity contribution is 5.96. The Bertz CT molecular complexity index is 341. The third-order valence-corrected chi connectivity index (χ3v) is 2.19. The Morgan fingerprint density at radius 3 is 2.69 bits per heavy atom. The van der Waals surface area contributed by atoms with Crippen molar-refractivity contribution >= 4 is 5.78 Å². The minimum absolute atomic E-state index is 0.0706. The number of hydrogen-bond acceptors (Lipinski definition) is 2. The monoisotopic (exact) mass is 224 g/mol. The van der Waals surface area contributed by atoms with Crippen LogP contribution in [0, 0.1) is 12.7 Å². The van der Waals surface area contributed by atoms with Crippen LogP contribution >= 0.6 is 0 Å². The first-order valence-electron chi connectivity index (χ1n) is 5.51. The fourth-order valence-electron chi connectivity index (χ4n) is 1.45. The predicted molar refractivity (Wildman–Crippen MR) is 61.2 cm³/mol. The summed E-state index contributed by atoms with van der Waals surface area (Å²) in [5.41, 5.74) is 1.19. The van der Waals surface area contributed by atoms with Crippen LogP contribution in [0.5, 0.6) is 0 Å². The summed E-state index contributed by atoms with van der Waals surface area (Å²) in [6, 6.07) is 4.38. The molecule has 0 N–H and O–H groups in total. The lowest BCUT2D eigenvalue weighted by atomic mass is 10.1. The van der Waals surface area contributed by atoms with Gasteiger partial charge in [0, 0.05) is 18.6 Å². The van der Waals surface area contributed by atoms with Crippen LogP contribution in [0.2, 0.25) is 0 Å². The van der Waals surface area contributed by atoms with E-state index in [9.17, 15) is 9.18 Å². The number of hydrogen-bond donors (Lipinski definition) is 0. The summed E-state index contributed by atoms with van der Waals surface area (Å²) >= 11 is 0. The van der Waals surface area contributed by atoms with Gasteiger partial charge in [-0.15, -0.1) is 0 Å². The second-order valence-electron chi connectivity index (χ2n) is 3.80. The van der Waals surface area contributed by atoms with Crippen molar-refractivity contribution in [3.8, 4) is 0 Å². The molecule has 88 valence electrons. The van der Waals surface area contributed by atoms with Crippen molar-refractivity contribution in [1.82, 2.24) is 0 Å². The van der Waals surface area contributed by atoms with Gasteiger partial charge in [0.2, 0.25) is 0 Å². The molecule has 0 unspecified atom stereocenters. The van der Waals surface area contributed by atoms with Gasteiger partial charge in [-0.1, -0.05) is 6.92 Å². The van der Waals surface area contributed by atoms with Crippen LogP contribution in [0.15, 0.2) is 18.2 Å². The van der Waals surface area contributed by atoms with Crippen molar-refractivity contribution in [3.63, 3.8) is 0 Å². The van der Waals surface area contributed by atoms with Crippen molar-refractivity contribution < 1.29 is 13.9 Å². The molecule has 0 aromatic heterocycles. The van der Waals surface area contributed by atoms with Crippen LogP contribution in [0.25, 0.3) is 0 Å². The standard InChI is InChI=1S/C13H17FO2/c1-3-5-16-6-4-13(15)11-7-10(2)8-12(14)9-11/h7-9H,3-6H2,1-2H3. The Hall–Kier alpha value is -1.22. The van der Waals surface area contributed by atoms with Crippen LogP contribution in [-0.2, 0) is 4.74 Å². The lowest BCUT2D eigenvalue weighted by Gasteiger charge is -2.04. The molecule has 0 fully saturated rings. The Balaban J connectivity index is 2.52. The van der Waals surface area contributed by atoms with Crippen molar-refractivity contribution in [2.75, 3.05) is 13.2 Å². The number of carbonyl (C=O) groups is 1. The number of rotatable bonds is 6. The quantitative estimate of drug-likeness (QED) is 0.548. The van der Waals surface area contributed by atoms with Crippen LogP contribution in [0.3, 0.4) is 0 Å². The van der Waals surface area contributed by atoms with Crippen LogP contribution in [0.1, 0.15) is 35.7 Å². The maximum absolute atomic E-state index is 13.0. The average molecular weight is 224 g/mol. The molecule has 0 spiro atoms. The van der Waals surface area contributed by atoms with Gasteiger partial charge in [-0.3, -0.25) is 4.79 Å². The van der Waals surface area contributed by atoms with Crippen molar-refractivity contribution in [3.05, 3.63) is 35.1 Å². The molecule has 16 heavy (non-hydrogen) atoms. The van der Waals surface area contributed by atoms with Gasteiger partial charge in [-0.05, 0) is 37.1 Å². The van der Waals surface area contributed by atoms with E-state index >= 15 is 0 Å². The molecule has 0 bridgehead atoms. The zero-order valence-electron chi connectivity index (χ0n) is 9.75. The molecule has 0 aliphatic heterocycles. The van der Waals surface area contributed by atoms with Gasteiger partial charge in [0.1, 0.15) is 5.82 Å². The summed E-state index contributed by atoms with van der Waals surface area (Å²) in [4.78, 5) is 11.7. The summed E-state index contributed by atoms with van der Waals surface area (Å²) in [6.45, 7) is 4.85. The highest BCUT2D eigenvalue weighted by Crippen LogP contribution is 2.10. The van der Waals surface area contributed by atoms with Gasteiger partial charge in [0.25, 0.3) is 0 Å². The Morgan fingerprint density at radius 1 is 1.31 bits per heavy atom. The molecule has 3 heteroatoms. The molecule has 0 amide bonds. The Labute approximate surface area is 95.4 Å². The van der Waals surface area contributed by atoms with E-state index in [4.69, 9.17) is 4.74 Å². The lowest BCUT2D eigenvalue weighted by molar-refractivity contribution is 0.0878. The molecule has 1 aromatic rings. The molecule has 0 radical (unpaired) electrons. The first-order valence-corrected chi connectivity index (χ1v) is 5.51. The summed E-state index contributed by atoms with van der Waals surface area (Å²) in [5, 5.41) is 0. The minimum atomic E-state index is -0.363. The van der Waals surface area contributed by atoms with Crippen LogP contribution < -0.4 is 0 Å². The molecular weight excluding hydrogens is 207 g/mol. The summed E-state index contributed by atoms with van der Waals surface area (Å²) in [6.07, 6.45) is 1.25. The van der Waals surface area contributed by atoms with Crippen molar-refractivity contribution in [2.45, 2.75) is 26.7 Å². The third-order valence-electron chi connectivity index (χ3n) is 2.19. The van der Waals surface area contributed by atoms with Gasteiger partial charge in [0.15, 0.2) is 5.78 Å². The number of carbonyl (C=O) groups excluding carboxylic acids is 1. The molecule has 0 aliphatic carbocycles. The van der Waals surface area contributed by atoms with Gasteiger partial charge in [0.05, 0.1) is 6.61 Å². The maximum atomic E-state index is 13.0. The van der Waals surface area contributed by atoms with Gasteiger partial charge in [-0.25, -0.2) is 4.39 Å². The van der Waals surface area contributed by atoms with Gasteiger partial charge < -0.3 is 4.74 Å². The summed E-state index contributed by atoms with van der Waals surface area (Å²) in [7, 11) is 0. The topological polar surface area (TPSA) is 26.3 Å². The zero-order chi connectivity index (χ0) is 12.0. The van der Waals surface area contributed by atoms with E-state index in [1.165, 1.54) is 12.1 Å². The summed E-state index contributed by atoms with van der Waals surface area (Å²) in [5.74, 6) is -0.434. The van der Waals surface area contributed by atoms with Gasteiger partial charge in [-0.2, -0.15) is 0 Å². The van der Waals surface area contributed by atoms with E-state index in [1.54, 1.807) is 13.0 Å². The number of ether oxygens (including phenoxy) is 1. The molecular formula is C13H17FO2. The fraction of sp³-hybridized carbons (Fsp3) is 0.462. The highest BCUT2D eigenvalue weighted by atomic mass is 19.1. The second kappa shape index (κ2) is 6.38. The molecule has 1 rings (SSSR count). The first-order chi connectivity index (χ1) is 7.63. The van der Waals surface area contributed by atoms with E-state index in [0.29, 0.717) is 25.2 Å². The second-order valence-corrected chi connectivity index (χ2v) is 3.80. The minimum Gasteiger partial charge on any atom is -0.381 e. The summed E-state index contributed by atoms with van der Waals surface area (Å²) < 4.78 is 18.3. The molecule has 0 saturated heterocycles. The zero-order valence-corrected chi connectivity index (χ0v) is 9.75. The van der Waals surface area contributed by atoms with Crippen molar-refractivity contribution in [2.24, 2.45) is 0 Å². The third kappa shape index (κ3) is 4.11.